The maximum atomic E-state index is 13.9. The van der Waals surface area contributed by atoms with Crippen molar-refractivity contribution in [3.63, 3.8) is 0 Å². The maximum absolute atomic E-state index is 13.9. The first kappa shape index (κ1) is 71.8. The van der Waals surface area contributed by atoms with E-state index in [1.54, 1.807) is 51.1 Å². The number of benzene rings is 3. The number of carbonyl (C=O) groups is 4. The molecule has 0 aliphatic heterocycles. The fraction of sp³-hybridized carbons (Fsp3) is 0.662. The third-order valence-corrected chi connectivity index (χ3v) is 19.2. The third kappa shape index (κ3) is 21.2. The molecule has 1 heterocycles. The minimum absolute atomic E-state index is 0.0270. The Balaban J connectivity index is 1.34. The van der Waals surface area contributed by atoms with E-state index in [9.17, 15) is 29.4 Å². The second kappa shape index (κ2) is 36.6. The molecule has 0 radical (unpaired) electrons. The predicted molar refractivity (Wildman–Crippen MR) is 351 cm³/mol. The van der Waals surface area contributed by atoms with Crippen LogP contribution in [0.2, 0.25) is 0 Å². The number of ether oxygens (including phenoxy) is 6. The van der Waals surface area contributed by atoms with E-state index in [0.29, 0.717) is 67.5 Å². The first-order chi connectivity index (χ1) is 42.9. The van der Waals surface area contributed by atoms with Crippen LogP contribution in [-0.2, 0) is 33.4 Å². The molecule has 3 aromatic carbocycles. The van der Waals surface area contributed by atoms with Crippen LogP contribution in [0.4, 0.5) is 0 Å². The molecule has 1 aromatic heterocycles. The Bertz CT molecular complexity index is 2850. The Morgan fingerprint density at radius 1 is 0.483 bits per heavy atom. The van der Waals surface area contributed by atoms with E-state index in [1.807, 2.05) is 19.1 Å². The fourth-order valence-electron chi connectivity index (χ4n) is 12.7. The van der Waals surface area contributed by atoms with E-state index in [1.165, 1.54) is 31.4 Å². The maximum Gasteiger partial charge on any atom is 0.347 e. The number of phenols is 2. The van der Waals surface area contributed by atoms with Gasteiger partial charge >= 0.3 is 17.9 Å². The molecule has 0 spiro atoms. The van der Waals surface area contributed by atoms with Crippen LogP contribution in [0, 0.1) is 47.3 Å². The van der Waals surface area contributed by atoms with Gasteiger partial charge in [0, 0.05) is 23.6 Å². The lowest BCUT2D eigenvalue weighted by atomic mass is 9.65. The summed E-state index contributed by atoms with van der Waals surface area (Å²) >= 11 is 0. The molecular formula is C74H109N3O12. The van der Waals surface area contributed by atoms with Crippen LogP contribution in [-0.4, -0.2) is 87.0 Å². The molecule has 2 saturated carbocycles. The second-order valence-electron chi connectivity index (χ2n) is 26.0. The molecule has 2 fully saturated rings. The summed E-state index contributed by atoms with van der Waals surface area (Å²) in [5.41, 5.74) is 1.88. The SMILES string of the molecule is CCCCC(CC)COC(=O)C(C)Oc1ccc(-c2nc(-c3ccc(OC(C)C(=O)C4CCC(CC(CC)CCCC)C4)cc3O)nc(-c3ccc(OC(C)C(=O)OCC(CC)CCCC)cc3C3CC(C(C)C(=O)OCC(CC)CCCC)C3)n2)c(O)c1. The number of unbranched alkanes of at least 4 members (excludes halogenated alkanes) is 4. The average molecular weight is 1230 g/mol. The molecule has 2 N–H and O–H groups in total. The van der Waals surface area contributed by atoms with Crippen molar-refractivity contribution in [1.29, 1.82) is 0 Å². The van der Waals surface area contributed by atoms with E-state index in [-0.39, 0.29) is 93.1 Å². The lowest BCUT2D eigenvalue weighted by Gasteiger charge is -2.39. The quantitative estimate of drug-likeness (QED) is 0.0314. The van der Waals surface area contributed by atoms with Crippen molar-refractivity contribution in [2.24, 2.45) is 47.3 Å². The zero-order chi connectivity index (χ0) is 64.6. The van der Waals surface area contributed by atoms with Crippen LogP contribution in [0.15, 0.2) is 54.6 Å². The second-order valence-corrected chi connectivity index (χ2v) is 26.0. The highest BCUT2D eigenvalue weighted by atomic mass is 16.6. The van der Waals surface area contributed by atoms with Crippen molar-refractivity contribution in [2.75, 3.05) is 19.8 Å². The number of nitrogens with zero attached hydrogens (tertiary/aromatic N) is 3. The Labute approximate surface area is 533 Å². The van der Waals surface area contributed by atoms with Crippen molar-refractivity contribution in [2.45, 2.75) is 249 Å². The summed E-state index contributed by atoms with van der Waals surface area (Å²) < 4.78 is 36.1. The molecule has 6 rings (SSSR count). The molecule has 2 aliphatic carbocycles. The first-order valence-corrected chi connectivity index (χ1v) is 34.5. The molecule has 492 valence electrons. The zero-order valence-corrected chi connectivity index (χ0v) is 56.1. The lowest BCUT2D eigenvalue weighted by molar-refractivity contribution is -0.153. The molecule has 10 atom stereocenters. The van der Waals surface area contributed by atoms with Gasteiger partial charge in [-0.2, -0.15) is 0 Å². The highest BCUT2D eigenvalue weighted by molar-refractivity contribution is 5.86. The van der Waals surface area contributed by atoms with Gasteiger partial charge in [-0.3, -0.25) is 9.59 Å². The number of carbonyl (C=O) groups excluding carboxylic acids is 4. The zero-order valence-electron chi connectivity index (χ0n) is 56.1. The molecule has 4 aromatic rings. The van der Waals surface area contributed by atoms with E-state index < -0.39 is 30.3 Å². The Hall–Kier alpha value is -6.25. The van der Waals surface area contributed by atoms with E-state index in [4.69, 9.17) is 43.4 Å². The molecular weight excluding hydrogens is 1120 g/mol. The number of hydrogen-bond donors (Lipinski definition) is 2. The summed E-state index contributed by atoms with van der Waals surface area (Å²) in [5, 5.41) is 23.8. The Morgan fingerprint density at radius 2 is 0.876 bits per heavy atom. The van der Waals surface area contributed by atoms with Crippen LogP contribution in [0.3, 0.4) is 0 Å². The highest BCUT2D eigenvalue weighted by Gasteiger charge is 2.40. The van der Waals surface area contributed by atoms with Crippen LogP contribution in [0.1, 0.15) is 236 Å². The third-order valence-electron chi connectivity index (χ3n) is 19.2. The molecule has 89 heavy (non-hydrogen) atoms. The van der Waals surface area contributed by atoms with Gasteiger partial charge in [-0.05, 0) is 168 Å². The highest BCUT2D eigenvalue weighted by Crippen LogP contribution is 2.49. The minimum Gasteiger partial charge on any atom is -0.507 e. The molecule has 0 saturated heterocycles. The number of hydrogen-bond acceptors (Lipinski definition) is 15. The molecule has 15 nitrogen and oxygen atoms in total. The molecule has 0 amide bonds. The van der Waals surface area contributed by atoms with Gasteiger partial charge < -0.3 is 38.6 Å². The van der Waals surface area contributed by atoms with Crippen LogP contribution in [0.25, 0.3) is 34.2 Å². The van der Waals surface area contributed by atoms with E-state index >= 15 is 0 Å². The number of aromatic hydroxyl groups is 2. The lowest BCUT2D eigenvalue weighted by Crippen LogP contribution is -2.33. The van der Waals surface area contributed by atoms with Crippen molar-refractivity contribution < 1.29 is 57.8 Å². The Morgan fingerprint density at radius 3 is 1.30 bits per heavy atom. The van der Waals surface area contributed by atoms with Gasteiger partial charge in [-0.25, -0.2) is 24.5 Å². The minimum atomic E-state index is -0.962. The number of esters is 3. The average Bonchev–Trinajstić information content (AvgIpc) is 1.31. The van der Waals surface area contributed by atoms with Gasteiger partial charge in [-0.1, -0.05) is 146 Å². The number of rotatable bonds is 40. The van der Waals surface area contributed by atoms with E-state index in [2.05, 4.69) is 55.4 Å². The number of aromatic nitrogens is 3. The predicted octanol–water partition coefficient (Wildman–Crippen LogP) is 17.6. The summed E-state index contributed by atoms with van der Waals surface area (Å²) in [6.07, 6.45) is 19.6. The largest absolute Gasteiger partial charge is 0.507 e. The molecule has 0 bridgehead atoms. The van der Waals surface area contributed by atoms with Gasteiger partial charge in [0.25, 0.3) is 0 Å². The number of Topliss-reactive ketones (excluding diaryl/α,β-unsaturated/α-hetero) is 1. The van der Waals surface area contributed by atoms with Crippen LogP contribution < -0.4 is 14.2 Å². The van der Waals surface area contributed by atoms with Crippen molar-refractivity contribution in [1.82, 2.24) is 15.0 Å². The summed E-state index contributed by atoms with van der Waals surface area (Å²) in [5.74, 6) is 1.38. The van der Waals surface area contributed by atoms with Gasteiger partial charge in [-0.15, -0.1) is 0 Å². The summed E-state index contributed by atoms with van der Waals surface area (Å²) in [4.78, 5) is 69.2. The van der Waals surface area contributed by atoms with Crippen molar-refractivity contribution in [3.8, 4) is 62.9 Å². The van der Waals surface area contributed by atoms with Gasteiger partial charge in [0.05, 0.1) is 36.9 Å². The summed E-state index contributed by atoms with van der Waals surface area (Å²) in [7, 11) is 0. The van der Waals surface area contributed by atoms with Crippen molar-refractivity contribution in [3.05, 3.63) is 60.2 Å². The fourth-order valence-corrected chi connectivity index (χ4v) is 12.7. The first-order valence-electron chi connectivity index (χ1n) is 34.5. The van der Waals surface area contributed by atoms with Gasteiger partial charge in [0.2, 0.25) is 0 Å². The monoisotopic (exact) mass is 1230 g/mol. The Kier molecular flexibility index (Phi) is 29.5. The summed E-state index contributed by atoms with van der Waals surface area (Å²) in [6.45, 7) is 25.3. The number of phenolic OH excluding ortho intramolecular Hbond substituents is 2. The van der Waals surface area contributed by atoms with Gasteiger partial charge in [0.15, 0.2) is 41.6 Å². The van der Waals surface area contributed by atoms with E-state index in [0.717, 1.165) is 115 Å². The molecule has 10 unspecified atom stereocenters. The van der Waals surface area contributed by atoms with Crippen LogP contribution in [0.5, 0.6) is 28.7 Å². The van der Waals surface area contributed by atoms with Crippen molar-refractivity contribution >= 4 is 23.7 Å². The standard InChI is InChI=1S/C74H109N3O12/c1-13-21-25-51(17-5)37-55-29-30-56(38-55)68(80)48(10)87-60-32-35-63(66(78)42-60)70-75-69(76-71(77-70)64-36-33-61(43-67(64)79)89-50(12)74(83)86-46-54(20-8)28-24-16-4)62-34-31-59(88-49(11)73(82)85-45-53(19-7)27-23-15-3)41-65(62)58-39-57(40-58)47(9)72(81)84-44-52(18-6)26-22-14-2/h31-36,41-43,47-58,78-79H,13-30,37-40,44-46H2,1-12H3. The molecule has 15 heteroatoms. The smallest absolute Gasteiger partial charge is 0.347 e. The van der Waals surface area contributed by atoms with Crippen LogP contribution >= 0.6 is 0 Å². The van der Waals surface area contributed by atoms with Gasteiger partial charge in [0.1, 0.15) is 28.7 Å². The topological polar surface area (TPSA) is 203 Å². The normalized spacial score (nSPS) is 19.1. The number of ketones is 1. The molecule has 2 aliphatic rings. The summed E-state index contributed by atoms with van der Waals surface area (Å²) in [6, 6.07) is 14.9.